The average molecular weight is 277 g/mol. The SMILES string of the molecule is CCC(CC)(CO)CNC(C)c1c(C)cc(C)cc1C. The molecule has 0 radical (unpaired) electrons. The van der Waals surface area contributed by atoms with E-state index >= 15 is 0 Å². The van der Waals surface area contributed by atoms with Crippen LogP contribution in [0.4, 0.5) is 0 Å². The maximum Gasteiger partial charge on any atom is 0.0499 e. The molecule has 1 rings (SSSR count). The predicted octanol–water partition coefficient (Wildman–Crippen LogP) is 4.06. The minimum Gasteiger partial charge on any atom is -0.396 e. The molecule has 0 aromatic heterocycles. The highest BCUT2D eigenvalue weighted by Gasteiger charge is 2.26. The van der Waals surface area contributed by atoms with E-state index in [4.69, 9.17) is 0 Å². The lowest BCUT2D eigenvalue weighted by atomic mass is 9.82. The zero-order valence-corrected chi connectivity index (χ0v) is 14.0. The third-order valence-corrected chi connectivity index (χ3v) is 4.79. The molecular formula is C18H31NO. The van der Waals surface area contributed by atoms with Crippen LogP contribution in [0.15, 0.2) is 12.1 Å². The lowest BCUT2D eigenvalue weighted by Crippen LogP contribution is -2.38. The lowest BCUT2D eigenvalue weighted by molar-refractivity contribution is 0.110. The van der Waals surface area contributed by atoms with Gasteiger partial charge in [0.05, 0.1) is 0 Å². The van der Waals surface area contributed by atoms with Gasteiger partial charge in [0.2, 0.25) is 0 Å². The van der Waals surface area contributed by atoms with E-state index < -0.39 is 0 Å². The molecule has 2 nitrogen and oxygen atoms in total. The molecule has 1 unspecified atom stereocenters. The van der Waals surface area contributed by atoms with Crippen molar-refractivity contribution in [3.05, 3.63) is 34.4 Å². The van der Waals surface area contributed by atoms with Crippen LogP contribution in [0.3, 0.4) is 0 Å². The Labute approximate surface area is 124 Å². The van der Waals surface area contributed by atoms with Crippen molar-refractivity contribution < 1.29 is 5.11 Å². The predicted molar refractivity (Wildman–Crippen MR) is 87.2 cm³/mol. The van der Waals surface area contributed by atoms with E-state index in [1.165, 1.54) is 22.3 Å². The van der Waals surface area contributed by atoms with Crippen LogP contribution in [0.1, 0.15) is 61.9 Å². The topological polar surface area (TPSA) is 32.3 Å². The summed E-state index contributed by atoms with van der Waals surface area (Å²) in [6.07, 6.45) is 2.01. The van der Waals surface area contributed by atoms with Crippen molar-refractivity contribution >= 4 is 0 Å². The Morgan fingerprint density at radius 2 is 1.60 bits per heavy atom. The Hall–Kier alpha value is -0.860. The van der Waals surface area contributed by atoms with Crippen LogP contribution in [0.2, 0.25) is 0 Å². The molecule has 0 saturated carbocycles. The molecule has 1 aromatic carbocycles. The van der Waals surface area contributed by atoms with Gasteiger partial charge in [-0.2, -0.15) is 0 Å². The first kappa shape index (κ1) is 17.2. The van der Waals surface area contributed by atoms with E-state index in [1.54, 1.807) is 0 Å². The monoisotopic (exact) mass is 277 g/mol. The van der Waals surface area contributed by atoms with Gasteiger partial charge >= 0.3 is 0 Å². The number of aliphatic hydroxyl groups excluding tert-OH is 1. The maximum absolute atomic E-state index is 9.67. The lowest BCUT2D eigenvalue weighted by Gasteiger charge is -2.32. The van der Waals surface area contributed by atoms with E-state index in [-0.39, 0.29) is 12.0 Å². The third-order valence-electron chi connectivity index (χ3n) is 4.79. The Bertz CT molecular complexity index is 404. The highest BCUT2D eigenvalue weighted by molar-refractivity contribution is 5.39. The zero-order valence-electron chi connectivity index (χ0n) is 14.0. The van der Waals surface area contributed by atoms with Crippen molar-refractivity contribution in [1.82, 2.24) is 5.32 Å². The molecular weight excluding hydrogens is 246 g/mol. The molecule has 0 bridgehead atoms. The second kappa shape index (κ2) is 7.24. The Morgan fingerprint density at radius 3 is 2.00 bits per heavy atom. The number of aryl methyl sites for hydroxylation is 3. The summed E-state index contributed by atoms with van der Waals surface area (Å²) < 4.78 is 0. The van der Waals surface area contributed by atoms with Gasteiger partial charge in [0, 0.05) is 24.6 Å². The Balaban J connectivity index is 2.84. The van der Waals surface area contributed by atoms with E-state index in [0.717, 1.165) is 19.4 Å². The molecule has 20 heavy (non-hydrogen) atoms. The fraction of sp³-hybridized carbons (Fsp3) is 0.667. The van der Waals surface area contributed by atoms with E-state index in [1.807, 2.05) is 0 Å². The third kappa shape index (κ3) is 3.83. The summed E-state index contributed by atoms with van der Waals surface area (Å²) in [5, 5.41) is 13.3. The first-order chi connectivity index (χ1) is 9.39. The highest BCUT2D eigenvalue weighted by Crippen LogP contribution is 2.28. The molecule has 0 aliphatic rings. The normalized spacial score (nSPS) is 13.6. The number of aliphatic hydroxyl groups is 1. The minimum atomic E-state index is 0.0146. The zero-order chi connectivity index (χ0) is 15.3. The standard InChI is InChI=1S/C18H31NO/c1-7-18(8-2,12-20)11-19-16(6)17-14(4)9-13(3)10-15(17)5/h9-10,16,19-20H,7-8,11-12H2,1-6H3. The maximum atomic E-state index is 9.67. The van der Waals surface area contributed by atoms with Gasteiger partial charge in [-0.3, -0.25) is 0 Å². The molecule has 0 saturated heterocycles. The first-order valence-electron chi connectivity index (χ1n) is 7.81. The highest BCUT2D eigenvalue weighted by atomic mass is 16.3. The molecule has 0 spiro atoms. The number of benzene rings is 1. The number of nitrogens with one attached hydrogen (secondary N) is 1. The summed E-state index contributed by atoms with van der Waals surface area (Å²) in [4.78, 5) is 0. The molecule has 0 aliphatic heterocycles. The van der Waals surface area contributed by atoms with Gasteiger partial charge < -0.3 is 10.4 Å². The van der Waals surface area contributed by atoms with Gasteiger partial charge in [-0.25, -0.2) is 0 Å². The summed E-state index contributed by atoms with van der Waals surface area (Å²) in [5.74, 6) is 0. The average Bonchev–Trinajstić information content (AvgIpc) is 2.39. The smallest absolute Gasteiger partial charge is 0.0499 e. The van der Waals surface area contributed by atoms with Crippen molar-refractivity contribution in [2.45, 2.75) is 60.4 Å². The van der Waals surface area contributed by atoms with Crippen molar-refractivity contribution in [3.8, 4) is 0 Å². The summed E-state index contributed by atoms with van der Waals surface area (Å²) in [6, 6.07) is 4.82. The second-order valence-corrected chi connectivity index (χ2v) is 6.28. The van der Waals surface area contributed by atoms with Gasteiger partial charge in [0.15, 0.2) is 0 Å². The summed E-state index contributed by atoms with van der Waals surface area (Å²) in [7, 11) is 0. The van der Waals surface area contributed by atoms with Gasteiger partial charge in [0.25, 0.3) is 0 Å². The Morgan fingerprint density at radius 1 is 1.10 bits per heavy atom. The van der Waals surface area contributed by atoms with Crippen LogP contribution >= 0.6 is 0 Å². The molecule has 0 fully saturated rings. The molecule has 1 aromatic rings. The molecule has 0 aliphatic carbocycles. The van der Waals surface area contributed by atoms with E-state index in [0.29, 0.717) is 6.04 Å². The summed E-state index contributed by atoms with van der Waals surface area (Å²) in [6.45, 7) is 14.2. The fourth-order valence-electron chi connectivity index (χ4n) is 3.13. The number of rotatable bonds is 7. The van der Waals surface area contributed by atoms with Crippen molar-refractivity contribution in [2.75, 3.05) is 13.2 Å². The van der Waals surface area contributed by atoms with E-state index in [9.17, 15) is 5.11 Å². The fourth-order valence-corrected chi connectivity index (χ4v) is 3.13. The van der Waals surface area contributed by atoms with Crippen LogP contribution in [0.5, 0.6) is 0 Å². The minimum absolute atomic E-state index is 0.0146. The molecule has 0 amide bonds. The largest absolute Gasteiger partial charge is 0.396 e. The van der Waals surface area contributed by atoms with Gasteiger partial charge in [-0.05, 0) is 57.2 Å². The van der Waals surface area contributed by atoms with Crippen LogP contribution in [0.25, 0.3) is 0 Å². The van der Waals surface area contributed by atoms with Crippen molar-refractivity contribution in [1.29, 1.82) is 0 Å². The van der Waals surface area contributed by atoms with Crippen LogP contribution < -0.4 is 5.32 Å². The summed E-state index contributed by atoms with van der Waals surface area (Å²) >= 11 is 0. The molecule has 2 N–H and O–H groups in total. The second-order valence-electron chi connectivity index (χ2n) is 6.28. The Kier molecular flexibility index (Phi) is 6.22. The van der Waals surface area contributed by atoms with Gasteiger partial charge in [-0.15, -0.1) is 0 Å². The van der Waals surface area contributed by atoms with Crippen molar-refractivity contribution in [3.63, 3.8) is 0 Å². The van der Waals surface area contributed by atoms with Gasteiger partial charge in [0.1, 0.15) is 0 Å². The van der Waals surface area contributed by atoms with Crippen molar-refractivity contribution in [2.24, 2.45) is 5.41 Å². The summed E-state index contributed by atoms with van der Waals surface area (Å²) in [5.41, 5.74) is 5.44. The van der Waals surface area contributed by atoms with Gasteiger partial charge in [-0.1, -0.05) is 31.5 Å². The molecule has 2 heteroatoms. The number of hydrogen-bond donors (Lipinski definition) is 2. The van der Waals surface area contributed by atoms with E-state index in [2.05, 4.69) is 59.0 Å². The van der Waals surface area contributed by atoms with Crippen LogP contribution in [-0.2, 0) is 0 Å². The van der Waals surface area contributed by atoms with Crippen LogP contribution in [0, 0.1) is 26.2 Å². The molecule has 1 atom stereocenters. The number of hydrogen-bond acceptors (Lipinski definition) is 2. The molecule has 114 valence electrons. The first-order valence-corrected chi connectivity index (χ1v) is 7.81. The molecule has 0 heterocycles. The quantitative estimate of drug-likeness (QED) is 0.787. The van der Waals surface area contributed by atoms with Crippen LogP contribution in [-0.4, -0.2) is 18.3 Å².